The molecule has 4 nitrogen and oxygen atoms in total. The lowest BCUT2D eigenvalue weighted by Gasteiger charge is -1.99. The molecule has 1 N–H and O–H groups in total. The Kier molecular flexibility index (Phi) is 5.45. The van der Waals surface area contributed by atoms with E-state index in [1.165, 1.54) is 17.1 Å². The minimum Gasteiger partial charge on any atom is -0.394 e. The van der Waals surface area contributed by atoms with Crippen molar-refractivity contribution in [3.8, 4) is 11.4 Å². The van der Waals surface area contributed by atoms with E-state index in [4.69, 9.17) is 5.11 Å². The van der Waals surface area contributed by atoms with Crippen LogP contribution >= 0.6 is 0 Å². The summed E-state index contributed by atoms with van der Waals surface area (Å²) in [5.41, 5.74) is 1.23. The molecule has 1 aromatic heterocycles. The number of aryl methyl sites for hydroxylation is 1. The maximum absolute atomic E-state index is 13.6. The summed E-state index contributed by atoms with van der Waals surface area (Å²) < 4.78 is 15.1. The lowest BCUT2D eigenvalue weighted by Crippen LogP contribution is -2.02. The third kappa shape index (κ3) is 3.37. The molecule has 0 atom stereocenters. The molecule has 0 spiro atoms. The molecule has 0 aliphatic carbocycles. The van der Waals surface area contributed by atoms with Crippen molar-refractivity contribution in [2.45, 2.75) is 27.3 Å². The first-order valence-electron chi connectivity index (χ1n) is 5.97. The van der Waals surface area contributed by atoms with E-state index in [0.29, 0.717) is 17.9 Å². The zero-order valence-electron chi connectivity index (χ0n) is 10.9. The van der Waals surface area contributed by atoms with Gasteiger partial charge in [-0.15, -0.1) is 0 Å². The Morgan fingerprint density at radius 2 is 2.06 bits per heavy atom. The van der Waals surface area contributed by atoms with Crippen molar-refractivity contribution < 1.29 is 9.50 Å². The maximum Gasteiger partial charge on any atom is 0.184 e. The number of rotatable bonds is 3. The van der Waals surface area contributed by atoms with Crippen LogP contribution in [0, 0.1) is 12.7 Å². The predicted molar refractivity (Wildman–Crippen MR) is 68.6 cm³/mol. The zero-order valence-corrected chi connectivity index (χ0v) is 10.9. The second-order valence-corrected chi connectivity index (χ2v) is 3.54. The Morgan fingerprint density at radius 1 is 1.33 bits per heavy atom. The van der Waals surface area contributed by atoms with Gasteiger partial charge in [0.1, 0.15) is 12.1 Å². The lowest BCUT2D eigenvalue weighted by atomic mass is 10.1. The summed E-state index contributed by atoms with van der Waals surface area (Å²) in [4.78, 5) is 4.00. The van der Waals surface area contributed by atoms with E-state index in [-0.39, 0.29) is 12.4 Å². The minimum atomic E-state index is -0.332. The van der Waals surface area contributed by atoms with E-state index in [9.17, 15) is 4.39 Å². The van der Waals surface area contributed by atoms with Gasteiger partial charge in [-0.1, -0.05) is 19.9 Å². The third-order valence-corrected chi connectivity index (χ3v) is 2.23. The molecule has 5 heteroatoms. The molecule has 2 aromatic rings. The number of aliphatic hydroxyl groups excluding tert-OH is 1. The van der Waals surface area contributed by atoms with Gasteiger partial charge in [0.2, 0.25) is 0 Å². The van der Waals surface area contributed by atoms with Gasteiger partial charge in [-0.3, -0.25) is 4.68 Å². The Bertz CT molecular complexity index is 497. The highest BCUT2D eigenvalue weighted by Crippen LogP contribution is 2.19. The number of hydrogen-bond donors (Lipinski definition) is 1. The molecular weight excluding hydrogens is 233 g/mol. The second-order valence-electron chi connectivity index (χ2n) is 3.54. The molecule has 0 saturated carbocycles. The average Bonchev–Trinajstić information content (AvgIpc) is 2.80. The fourth-order valence-electron chi connectivity index (χ4n) is 1.43. The van der Waals surface area contributed by atoms with Crippen LogP contribution in [0.4, 0.5) is 4.39 Å². The van der Waals surface area contributed by atoms with Crippen molar-refractivity contribution in [2.75, 3.05) is 6.61 Å². The number of aromatic nitrogens is 3. The van der Waals surface area contributed by atoms with Crippen LogP contribution < -0.4 is 0 Å². The molecule has 0 amide bonds. The van der Waals surface area contributed by atoms with Gasteiger partial charge in [-0.2, -0.15) is 5.10 Å². The Hall–Kier alpha value is -1.75. The molecule has 0 unspecified atom stereocenters. The Balaban J connectivity index is 0.000000771. The van der Waals surface area contributed by atoms with Crippen molar-refractivity contribution in [1.29, 1.82) is 0 Å². The largest absolute Gasteiger partial charge is 0.394 e. The molecule has 0 aliphatic rings. The number of halogens is 1. The lowest BCUT2D eigenvalue weighted by molar-refractivity contribution is 0.269. The van der Waals surface area contributed by atoms with Crippen molar-refractivity contribution in [3.05, 3.63) is 35.9 Å². The van der Waals surface area contributed by atoms with Crippen LogP contribution in [0.15, 0.2) is 24.5 Å². The highest BCUT2D eigenvalue weighted by atomic mass is 19.1. The van der Waals surface area contributed by atoms with Gasteiger partial charge in [0.25, 0.3) is 0 Å². The quantitative estimate of drug-likeness (QED) is 0.911. The van der Waals surface area contributed by atoms with Gasteiger partial charge in [-0.05, 0) is 24.6 Å². The van der Waals surface area contributed by atoms with E-state index in [1.54, 1.807) is 6.07 Å². The summed E-state index contributed by atoms with van der Waals surface area (Å²) in [6, 6.07) is 4.91. The van der Waals surface area contributed by atoms with Gasteiger partial charge >= 0.3 is 0 Å². The Morgan fingerprint density at radius 3 is 2.67 bits per heavy atom. The molecule has 0 aliphatic heterocycles. The predicted octanol–water partition coefficient (Wildman–Crippen LogP) is 2.41. The van der Waals surface area contributed by atoms with E-state index < -0.39 is 0 Å². The van der Waals surface area contributed by atoms with E-state index in [2.05, 4.69) is 10.1 Å². The highest BCUT2D eigenvalue weighted by Gasteiger charge is 2.09. The minimum absolute atomic E-state index is 0.0147. The zero-order chi connectivity index (χ0) is 13.5. The van der Waals surface area contributed by atoms with Crippen LogP contribution in [0.1, 0.15) is 19.4 Å². The van der Waals surface area contributed by atoms with Crippen molar-refractivity contribution in [1.82, 2.24) is 14.8 Å². The smallest absolute Gasteiger partial charge is 0.184 e. The Labute approximate surface area is 106 Å². The summed E-state index contributed by atoms with van der Waals surface area (Å²) in [5, 5.41) is 12.8. The molecule has 0 bridgehead atoms. The van der Waals surface area contributed by atoms with E-state index >= 15 is 0 Å². The van der Waals surface area contributed by atoms with Crippen molar-refractivity contribution >= 4 is 0 Å². The standard InChI is InChI=1S/C11H12FN3O.C2H6/c1-8-2-3-9(10(12)6-8)11-13-7-15(14-11)4-5-16;1-2/h2-3,6-7,16H,4-5H2,1H3;1-2H3. The first-order valence-corrected chi connectivity index (χ1v) is 5.97. The first-order chi connectivity index (χ1) is 8.70. The van der Waals surface area contributed by atoms with Crippen molar-refractivity contribution in [3.63, 3.8) is 0 Å². The van der Waals surface area contributed by atoms with Crippen LogP contribution in [-0.2, 0) is 6.54 Å². The number of benzene rings is 1. The molecule has 0 radical (unpaired) electrons. The van der Waals surface area contributed by atoms with Crippen LogP contribution in [0.25, 0.3) is 11.4 Å². The fourth-order valence-corrected chi connectivity index (χ4v) is 1.43. The molecule has 2 rings (SSSR count). The molecule has 1 heterocycles. The summed E-state index contributed by atoms with van der Waals surface area (Å²) in [6.07, 6.45) is 1.48. The van der Waals surface area contributed by atoms with E-state index in [0.717, 1.165) is 5.56 Å². The van der Waals surface area contributed by atoms with E-state index in [1.807, 2.05) is 26.8 Å². The average molecular weight is 251 g/mol. The maximum atomic E-state index is 13.6. The molecule has 18 heavy (non-hydrogen) atoms. The van der Waals surface area contributed by atoms with Gasteiger partial charge in [0.05, 0.1) is 18.7 Å². The molecule has 0 fully saturated rings. The van der Waals surface area contributed by atoms with Crippen LogP contribution in [0.2, 0.25) is 0 Å². The monoisotopic (exact) mass is 251 g/mol. The van der Waals surface area contributed by atoms with Gasteiger partial charge in [0.15, 0.2) is 5.82 Å². The molecular formula is C13H18FN3O. The number of nitrogens with zero attached hydrogens (tertiary/aromatic N) is 3. The third-order valence-electron chi connectivity index (χ3n) is 2.23. The topological polar surface area (TPSA) is 50.9 Å². The summed E-state index contributed by atoms with van der Waals surface area (Å²) in [5.74, 6) is 0.00713. The summed E-state index contributed by atoms with van der Waals surface area (Å²) in [7, 11) is 0. The number of hydrogen-bond acceptors (Lipinski definition) is 3. The van der Waals surface area contributed by atoms with Crippen LogP contribution in [0.5, 0.6) is 0 Å². The second kappa shape index (κ2) is 6.86. The summed E-state index contributed by atoms with van der Waals surface area (Å²) >= 11 is 0. The van der Waals surface area contributed by atoms with Crippen molar-refractivity contribution in [2.24, 2.45) is 0 Å². The summed E-state index contributed by atoms with van der Waals surface area (Å²) in [6.45, 7) is 6.17. The van der Waals surface area contributed by atoms with Crippen LogP contribution in [-0.4, -0.2) is 26.5 Å². The normalized spacial score (nSPS) is 9.83. The molecule has 0 saturated heterocycles. The van der Waals surface area contributed by atoms with Crippen LogP contribution in [0.3, 0.4) is 0 Å². The van der Waals surface area contributed by atoms with Gasteiger partial charge in [0, 0.05) is 0 Å². The first kappa shape index (κ1) is 14.3. The molecule has 1 aromatic carbocycles. The van der Waals surface area contributed by atoms with Gasteiger partial charge < -0.3 is 5.11 Å². The SMILES string of the molecule is CC.Cc1ccc(-c2ncn(CCO)n2)c(F)c1. The molecule has 98 valence electrons. The highest BCUT2D eigenvalue weighted by molar-refractivity contribution is 5.55. The van der Waals surface area contributed by atoms with Gasteiger partial charge in [-0.25, -0.2) is 9.37 Å². The number of aliphatic hydroxyl groups is 1. The fraction of sp³-hybridized carbons (Fsp3) is 0.385.